The molecule has 0 aliphatic carbocycles. The van der Waals surface area contributed by atoms with Crippen LogP contribution >= 0.6 is 0 Å². The Morgan fingerprint density at radius 1 is 1.29 bits per heavy atom. The van der Waals surface area contributed by atoms with Gasteiger partial charge in [0.25, 0.3) is 0 Å². The Kier molecular flexibility index (Phi) is 7.07. The van der Waals surface area contributed by atoms with Crippen LogP contribution in [0.2, 0.25) is 0 Å². The van der Waals surface area contributed by atoms with Crippen LogP contribution in [0.5, 0.6) is 0 Å². The van der Waals surface area contributed by atoms with Gasteiger partial charge in [-0.3, -0.25) is 9.59 Å². The molecule has 1 unspecified atom stereocenters. The molecule has 3 nitrogen and oxygen atoms in total. The highest BCUT2D eigenvalue weighted by Gasteiger charge is 2.16. The predicted octanol–water partition coefficient (Wildman–Crippen LogP) is 2.33. The predicted molar refractivity (Wildman–Crippen MR) is 54.9 cm³/mol. The largest absolute Gasteiger partial charge is 0.469 e. The number of rotatable bonds is 7. The van der Waals surface area contributed by atoms with Gasteiger partial charge in [-0.05, 0) is 6.42 Å². The molecule has 0 N–H and O–H groups in total. The monoisotopic (exact) mass is 200 g/mol. The van der Waals surface area contributed by atoms with E-state index in [1.54, 1.807) is 6.92 Å². The van der Waals surface area contributed by atoms with Crippen LogP contribution in [0.3, 0.4) is 0 Å². The molecule has 0 spiro atoms. The summed E-state index contributed by atoms with van der Waals surface area (Å²) in [5, 5.41) is 0. The minimum atomic E-state index is -0.304. The third-order valence-electron chi connectivity index (χ3n) is 2.28. The van der Waals surface area contributed by atoms with E-state index in [0.717, 1.165) is 19.3 Å². The Bertz CT molecular complexity index is 187. The number of Topliss-reactive ketones (excluding diaryl/α,β-unsaturated/α-hetero) is 1. The molecule has 0 bridgehead atoms. The standard InChI is InChI=1S/C11H20O3/c1-4-5-6-7-10(12)9(2)8-11(13)14-3/h9H,4-8H2,1-3H3. The van der Waals surface area contributed by atoms with Gasteiger partial charge in [0.2, 0.25) is 0 Å². The first-order valence-corrected chi connectivity index (χ1v) is 5.21. The van der Waals surface area contributed by atoms with E-state index in [9.17, 15) is 9.59 Å². The van der Waals surface area contributed by atoms with Gasteiger partial charge in [0.15, 0.2) is 0 Å². The maximum absolute atomic E-state index is 11.5. The molecule has 0 saturated carbocycles. The topological polar surface area (TPSA) is 43.4 Å². The Morgan fingerprint density at radius 3 is 2.43 bits per heavy atom. The molecule has 0 radical (unpaired) electrons. The highest BCUT2D eigenvalue weighted by atomic mass is 16.5. The number of methoxy groups -OCH3 is 1. The number of esters is 1. The number of carbonyl (C=O) groups is 2. The van der Waals surface area contributed by atoms with Crippen LogP contribution in [0, 0.1) is 5.92 Å². The lowest BCUT2D eigenvalue weighted by atomic mass is 9.98. The molecular weight excluding hydrogens is 180 g/mol. The van der Waals surface area contributed by atoms with E-state index >= 15 is 0 Å². The normalized spacial score (nSPS) is 12.2. The summed E-state index contributed by atoms with van der Waals surface area (Å²) >= 11 is 0. The van der Waals surface area contributed by atoms with Crippen molar-refractivity contribution in [2.24, 2.45) is 5.92 Å². The van der Waals surface area contributed by atoms with Gasteiger partial charge in [-0.25, -0.2) is 0 Å². The Hall–Kier alpha value is -0.860. The molecule has 0 aromatic rings. The van der Waals surface area contributed by atoms with E-state index < -0.39 is 0 Å². The molecule has 0 heterocycles. The molecular formula is C11H20O3. The van der Waals surface area contributed by atoms with Gasteiger partial charge in [0.1, 0.15) is 5.78 Å². The SMILES string of the molecule is CCCCCC(=O)C(C)CC(=O)OC. The smallest absolute Gasteiger partial charge is 0.306 e. The van der Waals surface area contributed by atoms with Crippen molar-refractivity contribution in [1.29, 1.82) is 0 Å². The van der Waals surface area contributed by atoms with Crippen molar-refractivity contribution in [1.82, 2.24) is 0 Å². The zero-order valence-corrected chi connectivity index (χ0v) is 9.34. The van der Waals surface area contributed by atoms with E-state index in [-0.39, 0.29) is 24.1 Å². The Labute approximate surface area is 85.8 Å². The van der Waals surface area contributed by atoms with E-state index in [0.29, 0.717) is 6.42 Å². The number of unbranched alkanes of at least 4 members (excludes halogenated alkanes) is 2. The first-order valence-electron chi connectivity index (χ1n) is 5.21. The van der Waals surface area contributed by atoms with Crippen molar-refractivity contribution in [3.05, 3.63) is 0 Å². The molecule has 0 amide bonds. The average molecular weight is 200 g/mol. The summed E-state index contributed by atoms with van der Waals surface area (Å²) in [5.41, 5.74) is 0. The van der Waals surface area contributed by atoms with Crippen LogP contribution in [0.15, 0.2) is 0 Å². The van der Waals surface area contributed by atoms with Crippen LogP contribution < -0.4 is 0 Å². The third-order valence-corrected chi connectivity index (χ3v) is 2.28. The van der Waals surface area contributed by atoms with E-state index in [4.69, 9.17) is 0 Å². The molecule has 1 atom stereocenters. The van der Waals surface area contributed by atoms with Crippen molar-refractivity contribution in [2.45, 2.75) is 46.0 Å². The van der Waals surface area contributed by atoms with Crippen LogP contribution in [-0.2, 0) is 14.3 Å². The van der Waals surface area contributed by atoms with Gasteiger partial charge in [-0.1, -0.05) is 26.7 Å². The quantitative estimate of drug-likeness (QED) is 0.468. The average Bonchev–Trinajstić information content (AvgIpc) is 2.17. The number of ketones is 1. The number of hydrogen-bond donors (Lipinski definition) is 0. The van der Waals surface area contributed by atoms with Crippen molar-refractivity contribution in [3.63, 3.8) is 0 Å². The highest BCUT2D eigenvalue weighted by Crippen LogP contribution is 2.10. The molecule has 0 aromatic heterocycles. The maximum atomic E-state index is 11.5. The second-order valence-corrected chi connectivity index (χ2v) is 3.60. The zero-order chi connectivity index (χ0) is 11.0. The van der Waals surface area contributed by atoms with E-state index in [1.807, 2.05) is 0 Å². The summed E-state index contributed by atoms with van der Waals surface area (Å²) in [5.74, 6) is -0.329. The molecule has 82 valence electrons. The lowest BCUT2D eigenvalue weighted by Gasteiger charge is -2.08. The van der Waals surface area contributed by atoms with Gasteiger partial charge in [0.05, 0.1) is 13.5 Å². The second kappa shape index (κ2) is 7.54. The minimum Gasteiger partial charge on any atom is -0.469 e. The zero-order valence-electron chi connectivity index (χ0n) is 9.34. The molecule has 0 aliphatic rings. The van der Waals surface area contributed by atoms with E-state index in [2.05, 4.69) is 11.7 Å². The first kappa shape index (κ1) is 13.1. The van der Waals surface area contributed by atoms with Crippen molar-refractivity contribution >= 4 is 11.8 Å². The fourth-order valence-corrected chi connectivity index (χ4v) is 1.24. The fourth-order valence-electron chi connectivity index (χ4n) is 1.24. The third kappa shape index (κ3) is 5.73. The molecule has 3 heteroatoms. The van der Waals surface area contributed by atoms with Crippen molar-refractivity contribution in [2.75, 3.05) is 7.11 Å². The van der Waals surface area contributed by atoms with Crippen LogP contribution in [0.1, 0.15) is 46.0 Å². The molecule has 0 aliphatic heterocycles. The Morgan fingerprint density at radius 2 is 1.93 bits per heavy atom. The van der Waals surface area contributed by atoms with Gasteiger partial charge in [0, 0.05) is 12.3 Å². The number of ether oxygens (including phenoxy) is 1. The molecule has 14 heavy (non-hydrogen) atoms. The molecule has 0 fully saturated rings. The van der Waals surface area contributed by atoms with Gasteiger partial charge < -0.3 is 4.74 Å². The summed E-state index contributed by atoms with van der Waals surface area (Å²) in [7, 11) is 1.34. The first-order chi connectivity index (χ1) is 6.61. The van der Waals surface area contributed by atoms with Crippen LogP contribution in [-0.4, -0.2) is 18.9 Å². The van der Waals surface area contributed by atoms with Gasteiger partial charge in [-0.2, -0.15) is 0 Å². The summed E-state index contributed by atoms with van der Waals surface area (Å²) in [6.07, 6.45) is 3.92. The number of hydrogen-bond acceptors (Lipinski definition) is 3. The van der Waals surface area contributed by atoms with Crippen LogP contribution in [0.4, 0.5) is 0 Å². The molecule has 0 rings (SSSR count). The van der Waals surface area contributed by atoms with E-state index in [1.165, 1.54) is 7.11 Å². The Balaban J connectivity index is 3.70. The highest BCUT2D eigenvalue weighted by molar-refractivity contribution is 5.84. The lowest BCUT2D eigenvalue weighted by molar-refractivity contribution is -0.143. The summed E-state index contributed by atoms with van der Waals surface area (Å²) in [4.78, 5) is 22.3. The molecule has 0 aromatic carbocycles. The summed E-state index contributed by atoms with van der Waals surface area (Å²) in [6, 6.07) is 0. The summed E-state index contributed by atoms with van der Waals surface area (Å²) < 4.78 is 4.51. The lowest BCUT2D eigenvalue weighted by Crippen LogP contribution is -2.16. The summed E-state index contributed by atoms with van der Waals surface area (Å²) in [6.45, 7) is 3.88. The van der Waals surface area contributed by atoms with Gasteiger partial charge in [-0.15, -0.1) is 0 Å². The molecule has 0 saturated heterocycles. The van der Waals surface area contributed by atoms with Crippen molar-refractivity contribution < 1.29 is 14.3 Å². The van der Waals surface area contributed by atoms with Gasteiger partial charge >= 0.3 is 5.97 Å². The maximum Gasteiger partial charge on any atom is 0.306 e. The second-order valence-electron chi connectivity index (χ2n) is 3.60. The van der Waals surface area contributed by atoms with Crippen LogP contribution in [0.25, 0.3) is 0 Å². The fraction of sp³-hybridized carbons (Fsp3) is 0.818. The van der Waals surface area contributed by atoms with Crippen molar-refractivity contribution in [3.8, 4) is 0 Å². The minimum absolute atomic E-state index is 0.170. The number of carbonyl (C=O) groups excluding carboxylic acids is 2.